The van der Waals surface area contributed by atoms with Gasteiger partial charge in [0.25, 0.3) is 11.8 Å². The largest absolute Gasteiger partial charge is 0.449 e. The number of fused-ring (bicyclic) bond motifs is 3. The zero-order chi connectivity index (χ0) is 28.1. The maximum atomic E-state index is 13.0. The molecule has 0 spiro atoms. The Balaban J connectivity index is 1.21. The third kappa shape index (κ3) is 5.85. The predicted octanol–water partition coefficient (Wildman–Crippen LogP) is 2.86. The Hall–Kier alpha value is -4.99. The summed E-state index contributed by atoms with van der Waals surface area (Å²) in [4.78, 5) is 66.2. The van der Waals surface area contributed by atoms with Crippen molar-refractivity contribution < 1.29 is 33.5 Å². The number of rotatable bonds is 9. The molecule has 3 aromatic rings. The Morgan fingerprint density at radius 3 is 2.02 bits per heavy atom. The number of carbonyl (C=O) groups excluding carboxylic acids is 5. The first-order chi connectivity index (χ1) is 19.4. The summed E-state index contributed by atoms with van der Waals surface area (Å²) >= 11 is 0. The summed E-state index contributed by atoms with van der Waals surface area (Å²) in [6.07, 6.45) is -0.730. The molecule has 0 radical (unpaired) electrons. The summed E-state index contributed by atoms with van der Waals surface area (Å²) < 4.78 is 5.59. The number of carbonyl (C=O) groups is 5. The van der Waals surface area contributed by atoms with Crippen molar-refractivity contribution in [1.82, 2.24) is 15.7 Å². The number of ether oxygens (including phenoxy) is 1. The Bertz CT molecular complexity index is 1390. The minimum atomic E-state index is -1.07. The van der Waals surface area contributed by atoms with Crippen molar-refractivity contribution in [3.05, 3.63) is 95.6 Å². The van der Waals surface area contributed by atoms with Crippen molar-refractivity contribution in [2.24, 2.45) is 0 Å². The van der Waals surface area contributed by atoms with Gasteiger partial charge in [-0.05, 0) is 27.8 Å². The Labute approximate surface area is 230 Å². The second-order valence-corrected chi connectivity index (χ2v) is 9.48. The van der Waals surface area contributed by atoms with Crippen LogP contribution < -0.4 is 10.6 Å². The van der Waals surface area contributed by atoms with Gasteiger partial charge in [0.05, 0.1) is 0 Å². The van der Waals surface area contributed by atoms with Crippen molar-refractivity contribution in [3.8, 4) is 11.1 Å². The third-order valence-corrected chi connectivity index (χ3v) is 6.84. The number of hydrogen-bond acceptors (Lipinski definition) is 7. The SMILES string of the molecule is O=C(CNC(=O)[C@H](Cc1ccccc1)NC(=O)OCC1c2ccccc2-c2ccccc21)ON1C(=O)CCC1=O. The smallest absolute Gasteiger partial charge is 0.407 e. The topological polar surface area (TPSA) is 131 Å². The van der Waals surface area contributed by atoms with Gasteiger partial charge in [-0.15, -0.1) is 5.06 Å². The number of alkyl carbamates (subject to hydrolysis) is 1. The van der Waals surface area contributed by atoms with Gasteiger partial charge >= 0.3 is 12.1 Å². The molecule has 0 bridgehead atoms. The summed E-state index contributed by atoms with van der Waals surface area (Å²) in [7, 11) is 0. The molecule has 10 nitrogen and oxygen atoms in total. The predicted molar refractivity (Wildman–Crippen MR) is 142 cm³/mol. The highest BCUT2D eigenvalue weighted by Crippen LogP contribution is 2.44. The molecular weight excluding hydrogens is 514 g/mol. The molecule has 3 aromatic carbocycles. The van der Waals surface area contributed by atoms with Gasteiger partial charge in [-0.1, -0.05) is 78.9 Å². The van der Waals surface area contributed by atoms with E-state index in [9.17, 15) is 24.0 Å². The van der Waals surface area contributed by atoms with Gasteiger partial charge in [0.15, 0.2) is 0 Å². The van der Waals surface area contributed by atoms with Crippen LogP contribution in [0.3, 0.4) is 0 Å². The zero-order valence-corrected chi connectivity index (χ0v) is 21.5. The molecule has 0 unspecified atom stereocenters. The number of hydrogen-bond donors (Lipinski definition) is 2. The number of nitrogens with one attached hydrogen (secondary N) is 2. The van der Waals surface area contributed by atoms with Crippen LogP contribution >= 0.6 is 0 Å². The lowest BCUT2D eigenvalue weighted by Crippen LogP contribution is -2.50. The Morgan fingerprint density at radius 2 is 1.40 bits per heavy atom. The number of nitrogens with zero attached hydrogens (tertiary/aromatic N) is 1. The molecule has 204 valence electrons. The highest BCUT2D eigenvalue weighted by atomic mass is 16.7. The van der Waals surface area contributed by atoms with Crippen LogP contribution in [0.25, 0.3) is 11.1 Å². The lowest BCUT2D eigenvalue weighted by Gasteiger charge is -2.20. The van der Waals surface area contributed by atoms with E-state index in [1.807, 2.05) is 54.6 Å². The van der Waals surface area contributed by atoms with Gasteiger partial charge in [-0.2, -0.15) is 0 Å². The number of imide groups is 1. The van der Waals surface area contributed by atoms with Gasteiger partial charge in [-0.25, -0.2) is 9.59 Å². The molecule has 1 atom stereocenters. The fourth-order valence-corrected chi connectivity index (χ4v) is 4.92. The molecule has 1 aliphatic heterocycles. The Morgan fingerprint density at radius 1 is 0.825 bits per heavy atom. The second kappa shape index (κ2) is 11.8. The van der Waals surface area contributed by atoms with Crippen LogP contribution in [0.5, 0.6) is 0 Å². The van der Waals surface area contributed by atoms with Gasteiger partial charge in [0, 0.05) is 25.2 Å². The van der Waals surface area contributed by atoms with E-state index in [0.29, 0.717) is 5.06 Å². The molecule has 2 N–H and O–H groups in total. The third-order valence-electron chi connectivity index (χ3n) is 6.84. The number of benzene rings is 3. The fraction of sp³-hybridized carbons (Fsp3) is 0.233. The molecule has 0 saturated carbocycles. The van der Waals surface area contributed by atoms with Crippen molar-refractivity contribution in [1.29, 1.82) is 0 Å². The highest BCUT2D eigenvalue weighted by molar-refractivity contribution is 6.01. The van der Waals surface area contributed by atoms with Crippen LogP contribution in [-0.2, 0) is 35.2 Å². The number of hydroxylamine groups is 2. The molecule has 1 fully saturated rings. The van der Waals surface area contributed by atoms with E-state index >= 15 is 0 Å². The quantitative estimate of drug-likeness (QED) is 0.398. The van der Waals surface area contributed by atoms with E-state index in [2.05, 4.69) is 10.6 Å². The van der Waals surface area contributed by atoms with Gasteiger partial charge < -0.3 is 20.2 Å². The lowest BCUT2D eigenvalue weighted by atomic mass is 9.98. The maximum Gasteiger partial charge on any atom is 0.407 e. The first-order valence-electron chi connectivity index (χ1n) is 12.9. The van der Waals surface area contributed by atoms with E-state index in [1.165, 1.54) is 0 Å². The van der Waals surface area contributed by atoms with Crippen molar-refractivity contribution in [2.45, 2.75) is 31.2 Å². The van der Waals surface area contributed by atoms with Crippen LogP contribution in [0.4, 0.5) is 4.79 Å². The molecule has 2 aliphatic rings. The molecular formula is C30H27N3O7. The van der Waals surface area contributed by atoms with E-state index in [-0.39, 0.29) is 31.8 Å². The monoisotopic (exact) mass is 541 g/mol. The molecule has 1 aliphatic carbocycles. The standard InChI is InChI=1S/C30H27N3O7/c34-26-14-15-27(35)33(26)40-28(36)17-31-29(37)25(16-19-8-2-1-3-9-19)32-30(38)39-18-24-22-12-6-4-10-20(22)21-11-5-7-13-23(21)24/h1-13,24-25H,14-18H2,(H,31,37)(H,32,38)/t25-/m0/s1. The Kier molecular flexibility index (Phi) is 7.86. The van der Waals surface area contributed by atoms with E-state index in [1.54, 1.807) is 24.3 Å². The van der Waals surface area contributed by atoms with E-state index < -0.39 is 42.4 Å². The molecule has 4 amide bonds. The number of amides is 4. The molecule has 5 rings (SSSR count). The minimum absolute atomic E-state index is 0.0400. The van der Waals surface area contributed by atoms with Crippen LogP contribution in [0, 0.1) is 0 Å². The van der Waals surface area contributed by atoms with Gasteiger partial charge in [0.1, 0.15) is 19.2 Å². The van der Waals surface area contributed by atoms with Crippen LogP contribution in [-0.4, -0.2) is 54.0 Å². The average Bonchev–Trinajstić information content (AvgIpc) is 3.46. The maximum absolute atomic E-state index is 13.0. The first-order valence-corrected chi connectivity index (χ1v) is 12.9. The summed E-state index contributed by atoms with van der Waals surface area (Å²) in [5.74, 6) is -3.04. The molecule has 0 aromatic heterocycles. The van der Waals surface area contributed by atoms with Crippen LogP contribution in [0.15, 0.2) is 78.9 Å². The van der Waals surface area contributed by atoms with E-state index in [0.717, 1.165) is 27.8 Å². The van der Waals surface area contributed by atoms with Crippen molar-refractivity contribution in [3.63, 3.8) is 0 Å². The zero-order valence-electron chi connectivity index (χ0n) is 21.5. The summed E-state index contributed by atoms with van der Waals surface area (Å²) in [6, 6.07) is 23.9. The fourth-order valence-electron chi connectivity index (χ4n) is 4.92. The highest BCUT2D eigenvalue weighted by Gasteiger charge is 2.33. The average molecular weight is 542 g/mol. The molecule has 1 saturated heterocycles. The summed E-state index contributed by atoms with van der Waals surface area (Å²) in [5.41, 5.74) is 5.08. The van der Waals surface area contributed by atoms with E-state index in [4.69, 9.17) is 9.57 Å². The molecule has 1 heterocycles. The van der Waals surface area contributed by atoms with Crippen molar-refractivity contribution >= 4 is 29.8 Å². The first kappa shape index (κ1) is 26.6. The normalized spacial score (nSPS) is 14.8. The minimum Gasteiger partial charge on any atom is -0.449 e. The second-order valence-electron chi connectivity index (χ2n) is 9.48. The van der Waals surface area contributed by atoms with Crippen LogP contribution in [0.2, 0.25) is 0 Å². The summed E-state index contributed by atoms with van der Waals surface area (Å²) in [6.45, 7) is -0.530. The van der Waals surface area contributed by atoms with Crippen LogP contribution in [0.1, 0.15) is 35.4 Å². The summed E-state index contributed by atoms with van der Waals surface area (Å²) in [5, 5.41) is 5.41. The van der Waals surface area contributed by atoms with Gasteiger partial charge in [0.2, 0.25) is 5.91 Å². The molecule has 40 heavy (non-hydrogen) atoms. The lowest BCUT2D eigenvalue weighted by molar-refractivity contribution is -0.196. The van der Waals surface area contributed by atoms with Crippen molar-refractivity contribution in [2.75, 3.05) is 13.2 Å². The van der Waals surface area contributed by atoms with Gasteiger partial charge in [-0.3, -0.25) is 14.4 Å². The molecule has 10 heteroatoms.